The lowest BCUT2D eigenvalue weighted by Crippen LogP contribution is -2.52. The third-order valence-corrected chi connectivity index (χ3v) is 11.1. The van der Waals surface area contributed by atoms with Gasteiger partial charge in [0.15, 0.2) is 18.0 Å². The number of methoxy groups -OCH3 is 1. The van der Waals surface area contributed by atoms with E-state index in [1.165, 1.54) is 60.0 Å². The summed E-state index contributed by atoms with van der Waals surface area (Å²) in [6, 6.07) is 18.6. The smallest absolute Gasteiger partial charge is 0.474 e. The number of aromatic nitrogens is 3. The fourth-order valence-corrected chi connectivity index (χ4v) is 8.03. The minimum absolute atomic E-state index is 0.0500. The topological polar surface area (TPSA) is 141 Å². The van der Waals surface area contributed by atoms with Gasteiger partial charge in [0.1, 0.15) is 17.7 Å². The number of anilines is 1. The Balaban J connectivity index is 1.32. The number of carbonyl (C=O) groups is 1. The van der Waals surface area contributed by atoms with Gasteiger partial charge in [0.05, 0.1) is 17.7 Å². The number of carbonyl (C=O) groups excluding carboxylic acids is 1. The molecule has 3 aromatic heterocycles. The summed E-state index contributed by atoms with van der Waals surface area (Å²) in [7, 11) is -3.33. The molecule has 0 radical (unpaired) electrons. The number of nitrogens with zero attached hydrogens (tertiary/aromatic N) is 4. The highest BCUT2D eigenvalue weighted by atomic mass is 32.2. The lowest BCUT2D eigenvalue weighted by atomic mass is 9.94. The van der Waals surface area contributed by atoms with Crippen molar-refractivity contribution < 1.29 is 39.5 Å². The monoisotopic (exact) mass is 706 g/mol. The van der Waals surface area contributed by atoms with Gasteiger partial charge in [0.2, 0.25) is 0 Å². The van der Waals surface area contributed by atoms with Gasteiger partial charge in [-0.05, 0) is 66.4 Å². The van der Waals surface area contributed by atoms with E-state index in [2.05, 4.69) is 4.98 Å². The molecule has 49 heavy (non-hydrogen) atoms. The van der Waals surface area contributed by atoms with E-state index in [0.29, 0.717) is 40.0 Å². The summed E-state index contributed by atoms with van der Waals surface area (Å²) in [5.74, 6) is -0.0914. The van der Waals surface area contributed by atoms with Crippen LogP contribution in [-0.2, 0) is 25.0 Å². The van der Waals surface area contributed by atoms with E-state index in [4.69, 9.17) is 9.47 Å². The number of hydrogen-bond donors (Lipinski definition) is 1. The molecule has 1 unspecified atom stereocenters. The number of hydrogen-bond acceptors (Lipinski definition) is 9. The second-order valence-corrected chi connectivity index (χ2v) is 14.8. The van der Waals surface area contributed by atoms with Gasteiger partial charge in [0.25, 0.3) is 10.0 Å². The Bertz CT molecular complexity index is 2290. The lowest BCUT2D eigenvalue weighted by molar-refractivity contribution is -0.512. The van der Waals surface area contributed by atoms with Crippen molar-refractivity contribution in [3.8, 4) is 16.9 Å². The zero-order valence-corrected chi connectivity index (χ0v) is 28.4. The van der Waals surface area contributed by atoms with Crippen molar-refractivity contribution in [2.24, 2.45) is 0 Å². The maximum Gasteiger partial charge on any atom is 0.474 e. The summed E-state index contributed by atoms with van der Waals surface area (Å²) in [4.78, 5) is 19.0. The fraction of sp³-hybridized carbons (Fsp3) is 0.206. The Morgan fingerprint density at radius 2 is 1.73 bits per heavy atom. The number of pyridine rings is 2. The summed E-state index contributed by atoms with van der Waals surface area (Å²) in [6.07, 6.45) is 4.82. The number of rotatable bonds is 9. The highest BCUT2D eigenvalue weighted by molar-refractivity contribution is 7.90. The Hall–Kier alpha value is -5.28. The van der Waals surface area contributed by atoms with E-state index in [1.807, 2.05) is 18.8 Å². The minimum Gasteiger partial charge on any atom is -0.496 e. The highest BCUT2D eigenvalue weighted by Gasteiger charge is 2.31. The fourth-order valence-electron chi connectivity index (χ4n) is 5.71. The molecular formula is C34H33FN5O7S2+. The van der Waals surface area contributed by atoms with Crippen LogP contribution in [0.15, 0.2) is 102 Å². The first kappa shape index (κ1) is 33.6. The van der Waals surface area contributed by atoms with Gasteiger partial charge in [-0.15, -0.1) is 8.42 Å². The molecule has 0 saturated carbocycles. The predicted octanol–water partition coefficient (Wildman–Crippen LogP) is 4.90. The molecule has 1 N–H and O–H groups in total. The van der Waals surface area contributed by atoms with Crippen LogP contribution in [0.25, 0.3) is 27.7 Å². The lowest BCUT2D eigenvalue weighted by Gasteiger charge is -2.22. The Morgan fingerprint density at radius 1 is 1.00 bits per heavy atom. The normalized spacial score (nSPS) is 15.0. The molecular weight excluding hydrogens is 674 g/mol. The van der Waals surface area contributed by atoms with E-state index in [9.17, 15) is 26.0 Å². The van der Waals surface area contributed by atoms with Crippen LogP contribution >= 0.6 is 0 Å². The van der Waals surface area contributed by atoms with Crippen LogP contribution in [0.1, 0.15) is 25.0 Å². The Kier molecular flexibility index (Phi) is 9.14. The van der Waals surface area contributed by atoms with Crippen molar-refractivity contribution in [1.82, 2.24) is 13.7 Å². The Morgan fingerprint density at radius 3 is 2.39 bits per heavy atom. The zero-order valence-electron chi connectivity index (χ0n) is 26.8. The Labute approximate surface area is 283 Å². The molecule has 0 fully saturated rings. The van der Waals surface area contributed by atoms with Crippen molar-refractivity contribution in [2.45, 2.75) is 30.3 Å². The van der Waals surface area contributed by atoms with Crippen LogP contribution in [0.2, 0.25) is 0 Å². The van der Waals surface area contributed by atoms with Crippen molar-refractivity contribution in [1.29, 1.82) is 0 Å². The van der Waals surface area contributed by atoms with Gasteiger partial charge in [-0.1, -0.05) is 28.2 Å². The predicted molar refractivity (Wildman–Crippen MR) is 181 cm³/mol. The standard InChI is InChI=1S/C34H32FN5O7S2/c1-38(2)25-16-19-39(20-17-25)49(44,45)37-34(41)47-26-12-9-23(10-13-26)31-22-30-28(29-21-24(35)11-14-32(29)46-3)15-18-36-33(30)40(31)48(42,43)27-7-5-4-6-8-27/h4-9,11,14-22,26H,10,12-13H2,1-3H3/p+1. The molecule has 1 aliphatic rings. The number of benzene rings is 2. The second-order valence-electron chi connectivity index (χ2n) is 11.5. The number of fused-ring (bicyclic) bond motifs is 1. The van der Waals surface area contributed by atoms with Crippen LogP contribution in [0.5, 0.6) is 5.75 Å². The first-order valence-corrected chi connectivity index (χ1v) is 18.0. The van der Waals surface area contributed by atoms with Crippen LogP contribution in [-0.4, -0.2) is 59.2 Å². The first-order valence-electron chi connectivity index (χ1n) is 15.2. The molecule has 12 nitrogen and oxygen atoms in total. The average Bonchev–Trinajstić information content (AvgIpc) is 3.49. The quantitative estimate of drug-likeness (QED) is 0.212. The van der Waals surface area contributed by atoms with Crippen molar-refractivity contribution >= 4 is 48.6 Å². The summed E-state index contributed by atoms with van der Waals surface area (Å²) in [5, 5.41) is 0.459. The van der Waals surface area contributed by atoms with Gasteiger partial charge in [-0.25, -0.2) is 26.6 Å². The number of nitrogens with one attached hydrogen (secondary N) is 1. The van der Waals surface area contributed by atoms with E-state index in [0.717, 1.165) is 9.66 Å². The molecule has 1 atom stereocenters. The molecule has 254 valence electrons. The molecule has 3 heterocycles. The van der Waals surface area contributed by atoms with Crippen LogP contribution < -0.4 is 18.3 Å². The van der Waals surface area contributed by atoms with Crippen LogP contribution in [0, 0.1) is 5.82 Å². The molecule has 5 aromatic rings. The summed E-state index contributed by atoms with van der Waals surface area (Å²) in [5.41, 5.74) is 2.86. The molecule has 6 rings (SSSR count). The molecule has 1 aliphatic carbocycles. The number of amides is 1. The zero-order chi connectivity index (χ0) is 34.9. The number of ether oxygens (including phenoxy) is 2. The van der Waals surface area contributed by atoms with Gasteiger partial charge < -0.3 is 14.4 Å². The highest BCUT2D eigenvalue weighted by Crippen LogP contribution is 2.40. The van der Waals surface area contributed by atoms with Gasteiger partial charge >= 0.3 is 16.3 Å². The molecule has 0 bridgehead atoms. The van der Waals surface area contributed by atoms with Gasteiger partial charge in [-0.2, -0.15) is 4.72 Å². The van der Waals surface area contributed by atoms with Crippen LogP contribution in [0.3, 0.4) is 0 Å². The van der Waals surface area contributed by atoms with E-state index >= 15 is 0 Å². The van der Waals surface area contributed by atoms with E-state index < -0.39 is 38.2 Å². The summed E-state index contributed by atoms with van der Waals surface area (Å²) in [6.45, 7) is 0. The molecule has 0 spiro atoms. The average molecular weight is 707 g/mol. The van der Waals surface area contributed by atoms with Crippen molar-refractivity contribution in [3.63, 3.8) is 0 Å². The van der Waals surface area contributed by atoms with Gasteiger partial charge in [0, 0.05) is 55.5 Å². The second kappa shape index (κ2) is 13.3. The molecule has 15 heteroatoms. The largest absolute Gasteiger partial charge is 0.496 e. The van der Waals surface area contributed by atoms with Gasteiger partial charge in [-0.3, -0.25) is 0 Å². The number of halogens is 1. The SMILES string of the molecule is COc1ccc(F)cc1-c1ccnc2c1cc(C1=CCC(OC(=O)NS(=O)(=O)[n+]3ccc(N(C)C)cc3)CC1)n2S(=O)(=O)c1ccccc1. The summed E-state index contributed by atoms with van der Waals surface area (Å²) < 4.78 is 83.2. The van der Waals surface area contributed by atoms with Crippen molar-refractivity contribution in [2.75, 3.05) is 26.1 Å². The van der Waals surface area contributed by atoms with Crippen LogP contribution in [0.4, 0.5) is 14.9 Å². The molecule has 0 aliphatic heterocycles. The van der Waals surface area contributed by atoms with E-state index in [1.54, 1.807) is 53.4 Å². The molecule has 2 aromatic carbocycles. The van der Waals surface area contributed by atoms with Crippen molar-refractivity contribution in [3.05, 3.63) is 109 Å². The third kappa shape index (κ3) is 6.71. The first-order chi connectivity index (χ1) is 23.4. The summed E-state index contributed by atoms with van der Waals surface area (Å²) >= 11 is 0. The minimum atomic E-state index is -4.26. The van der Waals surface area contributed by atoms with E-state index in [-0.39, 0.29) is 23.4 Å². The molecule has 1 amide bonds. The molecule has 0 saturated heterocycles. The maximum atomic E-state index is 14.4. The third-order valence-electron chi connectivity index (χ3n) is 8.15. The maximum absolute atomic E-state index is 14.4. The number of allylic oxidation sites excluding steroid dienone is 1.